The van der Waals surface area contributed by atoms with Crippen LogP contribution in [0.2, 0.25) is 22.2 Å². The zero-order valence-corrected chi connectivity index (χ0v) is 15.7. The molecule has 0 unspecified atom stereocenters. The molecule has 0 saturated carbocycles. The Labute approximate surface area is 123 Å². The summed E-state index contributed by atoms with van der Waals surface area (Å²) in [7, 11) is -1.42. The lowest BCUT2D eigenvalue weighted by atomic mass is 10.1. The van der Waals surface area contributed by atoms with E-state index in [1.165, 1.54) is 19.3 Å². The van der Waals surface area contributed by atoms with Gasteiger partial charge in [-0.2, -0.15) is 0 Å². The summed E-state index contributed by atoms with van der Waals surface area (Å²) >= 11 is 0. The molecule has 0 aliphatic carbocycles. The summed E-state index contributed by atoms with van der Waals surface area (Å²) < 4.78 is 0. The SMILES string of the molecule is CCCC[C@@H](C[C@H](C)O)[Si](C(C)C)(C(C)C)C(C)C. The van der Waals surface area contributed by atoms with E-state index >= 15 is 0 Å². The fourth-order valence-corrected chi connectivity index (χ4v) is 13.1. The van der Waals surface area contributed by atoms with E-state index in [2.05, 4.69) is 48.5 Å². The second kappa shape index (κ2) is 8.46. The van der Waals surface area contributed by atoms with Gasteiger partial charge < -0.3 is 5.11 Å². The Morgan fingerprint density at radius 1 is 0.842 bits per heavy atom. The minimum atomic E-state index is -1.42. The van der Waals surface area contributed by atoms with Crippen molar-refractivity contribution in [2.75, 3.05) is 0 Å². The van der Waals surface area contributed by atoms with Gasteiger partial charge >= 0.3 is 0 Å². The van der Waals surface area contributed by atoms with Crippen molar-refractivity contribution >= 4 is 8.07 Å². The Morgan fingerprint density at radius 2 is 1.26 bits per heavy atom. The van der Waals surface area contributed by atoms with Crippen LogP contribution in [0.25, 0.3) is 0 Å². The fraction of sp³-hybridized carbons (Fsp3) is 1.00. The molecule has 116 valence electrons. The summed E-state index contributed by atoms with van der Waals surface area (Å²) in [5.41, 5.74) is 3.17. The van der Waals surface area contributed by atoms with Crippen molar-refractivity contribution in [1.82, 2.24) is 0 Å². The molecule has 0 amide bonds. The minimum absolute atomic E-state index is 0.148. The minimum Gasteiger partial charge on any atom is -0.393 e. The van der Waals surface area contributed by atoms with Crippen LogP contribution in [0.3, 0.4) is 0 Å². The molecule has 2 heteroatoms. The van der Waals surface area contributed by atoms with Crippen LogP contribution in [-0.4, -0.2) is 19.3 Å². The third-order valence-electron chi connectivity index (χ3n) is 5.24. The standard InChI is InChI=1S/C17H38OSi/c1-9-10-11-17(12-16(8)18)19(13(2)3,14(4)5)15(6)7/h13-18H,9-12H2,1-8H3/t16-,17-/m0/s1. The van der Waals surface area contributed by atoms with Crippen molar-refractivity contribution in [1.29, 1.82) is 0 Å². The van der Waals surface area contributed by atoms with Crippen LogP contribution in [0.4, 0.5) is 0 Å². The molecule has 0 bridgehead atoms. The Hall–Kier alpha value is 0.177. The highest BCUT2D eigenvalue weighted by Gasteiger charge is 2.48. The van der Waals surface area contributed by atoms with Gasteiger partial charge in [0.25, 0.3) is 0 Å². The number of hydrogen-bond donors (Lipinski definition) is 1. The van der Waals surface area contributed by atoms with E-state index in [0.29, 0.717) is 0 Å². The van der Waals surface area contributed by atoms with Crippen LogP contribution in [0.1, 0.15) is 81.1 Å². The van der Waals surface area contributed by atoms with E-state index in [1.54, 1.807) is 0 Å². The third kappa shape index (κ3) is 4.59. The monoisotopic (exact) mass is 286 g/mol. The molecule has 19 heavy (non-hydrogen) atoms. The lowest BCUT2D eigenvalue weighted by Crippen LogP contribution is -2.49. The van der Waals surface area contributed by atoms with E-state index in [1.807, 2.05) is 6.92 Å². The maximum atomic E-state index is 9.95. The van der Waals surface area contributed by atoms with Crippen LogP contribution in [0, 0.1) is 0 Å². The maximum absolute atomic E-state index is 9.95. The number of rotatable bonds is 9. The topological polar surface area (TPSA) is 20.2 Å². The molecule has 0 aromatic carbocycles. The molecule has 0 aromatic heterocycles. The molecule has 0 fully saturated rings. The van der Waals surface area contributed by atoms with Crippen LogP contribution in [0.15, 0.2) is 0 Å². The molecule has 0 aliphatic heterocycles. The summed E-state index contributed by atoms with van der Waals surface area (Å²) in [6.45, 7) is 18.9. The first-order chi connectivity index (χ1) is 8.71. The van der Waals surface area contributed by atoms with E-state index < -0.39 is 8.07 Å². The molecule has 1 nitrogen and oxygen atoms in total. The van der Waals surface area contributed by atoms with E-state index in [0.717, 1.165) is 28.6 Å². The first-order valence-corrected chi connectivity index (χ1v) is 10.7. The summed E-state index contributed by atoms with van der Waals surface area (Å²) in [6, 6.07) is 0. The highest BCUT2D eigenvalue weighted by molar-refractivity contribution is 6.84. The smallest absolute Gasteiger partial charge is 0.0644 e. The molecule has 2 atom stereocenters. The summed E-state index contributed by atoms with van der Waals surface area (Å²) in [4.78, 5) is 0. The largest absolute Gasteiger partial charge is 0.393 e. The van der Waals surface area contributed by atoms with Crippen molar-refractivity contribution in [3.8, 4) is 0 Å². The molecule has 0 radical (unpaired) electrons. The molecule has 0 saturated heterocycles. The number of aliphatic hydroxyl groups excluding tert-OH is 1. The van der Waals surface area contributed by atoms with E-state index in [-0.39, 0.29) is 6.10 Å². The van der Waals surface area contributed by atoms with Gasteiger partial charge in [-0.05, 0) is 18.9 Å². The first kappa shape index (κ1) is 19.2. The lowest BCUT2D eigenvalue weighted by molar-refractivity contribution is 0.178. The van der Waals surface area contributed by atoms with Crippen molar-refractivity contribution in [2.45, 2.75) is 109 Å². The molecule has 0 aromatic rings. The van der Waals surface area contributed by atoms with Gasteiger partial charge in [0.05, 0.1) is 14.2 Å². The van der Waals surface area contributed by atoms with Crippen LogP contribution < -0.4 is 0 Å². The van der Waals surface area contributed by atoms with Crippen molar-refractivity contribution in [3.63, 3.8) is 0 Å². The van der Waals surface area contributed by atoms with Gasteiger partial charge in [0.1, 0.15) is 0 Å². The van der Waals surface area contributed by atoms with Crippen molar-refractivity contribution in [2.24, 2.45) is 0 Å². The first-order valence-electron chi connectivity index (χ1n) is 8.39. The van der Waals surface area contributed by atoms with Gasteiger partial charge in [-0.25, -0.2) is 0 Å². The normalized spacial score (nSPS) is 16.4. The second-order valence-electron chi connectivity index (χ2n) is 7.39. The molecule has 0 aliphatic rings. The van der Waals surface area contributed by atoms with Gasteiger partial charge in [-0.3, -0.25) is 0 Å². The molecule has 0 rings (SSSR count). The zero-order chi connectivity index (χ0) is 15.2. The summed E-state index contributed by atoms with van der Waals surface area (Å²) in [5.74, 6) is 0. The van der Waals surface area contributed by atoms with Gasteiger partial charge in [-0.1, -0.05) is 84.4 Å². The molecule has 0 heterocycles. The van der Waals surface area contributed by atoms with E-state index in [4.69, 9.17) is 0 Å². The number of aliphatic hydroxyl groups is 1. The molecular formula is C17H38OSi. The highest BCUT2D eigenvalue weighted by Crippen LogP contribution is 2.52. The molecule has 0 spiro atoms. The lowest BCUT2D eigenvalue weighted by Gasteiger charge is -2.50. The Morgan fingerprint density at radius 3 is 1.53 bits per heavy atom. The predicted molar refractivity (Wildman–Crippen MR) is 90.6 cm³/mol. The fourth-order valence-electron chi connectivity index (χ4n) is 4.85. The Bertz CT molecular complexity index is 212. The second-order valence-corrected chi connectivity index (χ2v) is 13.7. The summed E-state index contributed by atoms with van der Waals surface area (Å²) in [6.07, 6.45) is 4.78. The van der Waals surface area contributed by atoms with Gasteiger partial charge in [0.15, 0.2) is 0 Å². The van der Waals surface area contributed by atoms with Crippen LogP contribution in [-0.2, 0) is 0 Å². The van der Waals surface area contributed by atoms with Gasteiger partial charge in [-0.15, -0.1) is 0 Å². The van der Waals surface area contributed by atoms with Crippen LogP contribution >= 0.6 is 0 Å². The third-order valence-corrected chi connectivity index (χ3v) is 13.2. The van der Waals surface area contributed by atoms with E-state index in [9.17, 15) is 5.11 Å². The summed E-state index contributed by atoms with van der Waals surface area (Å²) in [5, 5.41) is 9.95. The zero-order valence-electron chi connectivity index (χ0n) is 14.7. The highest BCUT2D eigenvalue weighted by atomic mass is 28.3. The van der Waals surface area contributed by atoms with Crippen molar-refractivity contribution in [3.05, 3.63) is 0 Å². The Balaban J connectivity index is 5.43. The van der Waals surface area contributed by atoms with Crippen LogP contribution in [0.5, 0.6) is 0 Å². The quantitative estimate of drug-likeness (QED) is 0.516. The average molecular weight is 287 g/mol. The Kier molecular flexibility index (Phi) is 8.54. The number of hydrogen-bond acceptors (Lipinski definition) is 1. The van der Waals surface area contributed by atoms with Gasteiger partial charge in [0.2, 0.25) is 0 Å². The predicted octanol–water partition coefficient (Wildman–Crippen LogP) is 6.00. The number of unbranched alkanes of at least 4 members (excludes halogenated alkanes) is 1. The van der Waals surface area contributed by atoms with Gasteiger partial charge in [0, 0.05) is 0 Å². The molecule has 1 N–H and O–H groups in total. The average Bonchev–Trinajstić information content (AvgIpc) is 2.23. The molecular weight excluding hydrogens is 248 g/mol. The maximum Gasteiger partial charge on any atom is 0.0644 e. The van der Waals surface area contributed by atoms with Crippen molar-refractivity contribution < 1.29 is 5.11 Å².